The number of benzene rings is 2. The molecule has 0 aliphatic carbocycles. The molecule has 2 aromatic carbocycles. The van der Waals surface area contributed by atoms with Gasteiger partial charge in [0.15, 0.2) is 0 Å². The molecule has 1 fully saturated rings. The number of para-hydroxylation sites is 1. The Morgan fingerprint density at radius 3 is 2.62 bits per heavy atom. The normalized spacial score (nSPS) is 19.4. The zero-order chi connectivity index (χ0) is 22.7. The van der Waals surface area contributed by atoms with Gasteiger partial charge in [-0.2, -0.15) is 14.5 Å². The Morgan fingerprint density at radius 2 is 1.91 bits per heavy atom. The summed E-state index contributed by atoms with van der Waals surface area (Å²) in [4.78, 5) is 12.7. The van der Waals surface area contributed by atoms with Crippen LogP contribution >= 0.6 is 11.6 Å². The van der Waals surface area contributed by atoms with Crippen LogP contribution in [0.4, 0.5) is 0 Å². The number of aliphatic hydroxyl groups excluding tert-OH is 1. The largest absolute Gasteiger partial charge is 0.392 e. The van der Waals surface area contributed by atoms with E-state index in [-0.39, 0.29) is 17.9 Å². The van der Waals surface area contributed by atoms with Gasteiger partial charge in [-0.1, -0.05) is 29.8 Å². The van der Waals surface area contributed by atoms with Crippen LogP contribution in [0.3, 0.4) is 0 Å². The number of hydrogen-bond acceptors (Lipinski definition) is 6. The minimum atomic E-state index is -4.00. The van der Waals surface area contributed by atoms with E-state index < -0.39 is 28.1 Å². The standard InChI is InChI=1S/C21H20ClN5O4S/c22-16-6-8-19(9-7-16)32(30,31)27-14-18(28)10-20(27)21(29)25-23-11-15-12-24-26(13-15)17-4-2-1-3-5-17/h1-9,11-13,18,20,28H,10,14H2,(H,25,29). The van der Waals surface area contributed by atoms with Crippen molar-refractivity contribution in [1.82, 2.24) is 19.5 Å². The Hall–Kier alpha value is -3.05. The van der Waals surface area contributed by atoms with Crippen molar-refractivity contribution in [3.8, 4) is 5.69 Å². The number of sulfonamides is 1. The summed E-state index contributed by atoms with van der Waals surface area (Å²) in [5.41, 5.74) is 3.88. The Morgan fingerprint density at radius 1 is 1.19 bits per heavy atom. The fourth-order valence-corrected chi connectivity index (χ4v) is 5.16. The van der Waals surface area contributed by atoms with Gasteiger partial charge >= 0.3 is 0 Å². The molecule has 1 aromatic heterocycles. The lowest BCUT2D eigenvalue weighted by Crippen LogP contribution is -2.44. The molecule has 0 spiro atoms. The Balaban J connectivity index is 1.45. The van der Waals surface area contributed by atoms with E-state index in [1.54, 1.807) is 17.1 Å². The van der Waals surface area contributed by atoms with Gasteiger partial charge in [-0.05, 0) is 36.4 Å². The summed E-state index contributed by atoms with van der Waals surface area (Å²) >= 11 is 5.83. The van der Waals surface area contributed by atoms with E-state index in [9.17, 15) is 18.3 Å². The number of amides is 1. The van der Waals surface area contributed by atoms with E-state index in [4.69, 9.17) is 11.6 Å². The van der Waals surface area contributed by atoms with Crippen molar-refractivity contribution in [2.24, 2.45) is 5.10 Å². The van der Waals surface area contributed by atoms with Gasteiger partial charge in [0, 0.05) is 29.7 Å². The van der Waals surface area contributed by atoms with Gasteiger partial charge in [-0.25, -0.2) is 18.5 Å². The van der Waals surface area contributed by atoms with Gasteiger partial charge in [0.1, 0.15) is 6.04 Å². The minimum Gasteiger partial charge on any atom is -0.392 e. The lowest BCUT2D eigenvalue weighted by Gasteiger charge is -2.22. The molecule has 1 aliphatic heterocycles. The number of β-amino-alcohol motifs (C(OH)–C–C–N with tert-alkyl or cyclic N) is 1. The number of nitrogens with one attached hydrogen (secondary N) is 1. The zero-order valence-electron chi connectivity index (χ0n) is 16.7. The van der Waals surface area contributed by atoms with E-state index in [2.05, 4.69) is 15.6 Å². The minimum absolute atomic E-state index is 0.00868. The van der Waals surface area contributed by atoms with Crippen LogP contribution in [0.5, 0.6) is 0 Å². The molecule has 0 bridgehead atoms. The number of nitrogens with zero attached hydrogens (tertiary/aromatic N) is 4. The molecule has 32 heavy (non-hydrogen) atoms. The number of aromatic nitrogens is 2. The highest BCUT2D eigenvalue weighted by molar-refractivity contribution is 7.89. The van der Waals surface area contributed by atoms with Gasteiger partial charge in [-0.15, -0.1) is 0 Å². The molecule has 3 aromatic rings. The molecule has 1 aliphatic rings. The Bertz CT molecular complexity index is 1230. The smallest absolute Gasteiger partial charge is 0.258 e. The summed E-state index contributed by atoms with van der Waals surface area (Å²) < 4.78 is 28.6. The highest BCUT2D eigenvalue weighted by Gasteiger charge is 2.43. The van der Waals surface area contributed by atoms with Crippen molar-refractivity contribution in [3.63, 3.8) is 0 Å². The predicted octanol–water partition coefficient (Wildman–Crippen LogP) is 1.80. The van der Waals surface area contributed by atoms with E-state index in [1.165, 1.54) is 30.5 Å². The average molecular weight is 474 g/mol. The maximum absolute atomic E-state index is 13.0. The van der Waals surface area contributed by atoms with Crippen molar-refractivity contribution in [1.29, 1.82) is 0 Å². The Labute approximate surface area is 190 Å². The third-order valence-electron chi connectivity index (χ3n) is 4.97. The average Bonchev–Trinajstić information content (AvgIpc) is 3.42. The number of rotatable bonds is 6. The quantitative estimate of drug-likeness (QED) is 0.418. The van der Waals surface area contributed by atoms with Gasteiger partial charge in [-0.3, -0.25) is 4.79 Å². The van der Waals surface area contributed by atoms with Gasteiger partial charge in [0.25, 0.3) is 5.91 Å². The molecule has 1 saturated heterocycles. The predicted molar refractivity (Wildman–Crippen MR) is 119 cm³/mol. The van der Waals surface area contributed by atoms with Crippen LogP contribution in [0.2, 0.25) is 5.02 Å². The maximum atomic E-state index is 13.0. The summed E-state index contributed by atoms with van der Waals surface area (Å²) in [5, 5.41) is 18.6. The first kappa shape index (κ1) is 22.2. The molecule has 11 heteroatoms. The fraction of sp³-hybridized carbons (Fsp3) is 0.190. The number of halogens is 1. The summed E-state index contributed by atoms with van der Waals surface area (Å²) in [6.07, 6.45) is 3.75. The molecule has 1 amide bonds. The van der Waals surface area contributed by atoms with Crippen LogP contribution in [0.15, 0.2) is 77.0 Å². The second-order valence-electron chi connectivity index (χ2n) is 7.22. The zero-order valence-corrected chi connectivity index (χ0v) is 18.3. The van der Waals surface area contributed by atoms with Crippen LogP contribution < -0.4 is 5.43 Å². The van der Waals surface area contributed by atoms with Crippen LogP contribution in [-0.4, -0.2) is 58.4 Å². The number of carbonyl (C=O) groups excluding carboxylic acids is 1. The maximum Gasteiger partial charge on any atom is 0.258 e. The van der Waals surface area contributed by atoms with Gasteiger partial charge < -0.3 is 5.11 Å². The fourth-order valence-electron chi connectivity index (χ4n) is 3.40. The summed E-state index contributed by atoms with van der Waals surface area (Å²) in [6.45, 7) is -0.184. The second-order valence-corrected chi connectivity index (χ2v) is 9.55. The van der Waals surface area contributed by atoms with Gasteiger partial charge in [0.05, 0.1) is 29.1 Å². The monoisotopic (exact) mass is 473 g/mol. The molecule has 2 unspecified atom stereocenters. The van der Waals surface area contributed by atoms with E-state index in [0.717, 1.165) is 9.99 Å². The van der Waals surface area contributed by atoms with Gasteiger partial charge in [0.2, 0.25) is 10.0 Å². The number of hydrogen-bond donors (Lipinski definition) is 2. The van der Waals surface area contributed by atoms with Crippen molar-refractivity contribution < 1.29 is 18.3 Å². The molecule has 2 N–H and O–H groups in total. The van der Waals surface area contributed by atoms with Crippen LogP contribution in [0, 0.1) is 0 Å². The van der Waals surface area contributed by atoms with E-state index >= 15 is 0 Å². The van der Waals surface area contributed by atoms with Crippen molar-refractivity contribution in [2.75, 3.05) is 6.54 Å². The lowest BCUT2D eigenvalue weighted by atomic mass is 10.2. The topological polar surface area (TPSA) is 117 Å². The third-order valence-corrected chi connectivity index (χ3v) is 7.11. The third kappa shape index (κ3) is 4.73. The molecular weight excluding hydrogens is 454 g/mol. The van der Waals surface area contributed by atoms with Crippen molar-refractivity contribution >= 4 is 33.7 Å². The van der Waals surface area contributed by atoms with Crippen LogP contribution in [0.1, 0.15) is 12.0 Å². The lowest BCUT2D eigenvalue weighted by molar-refractivity contribution is -0.124. The van der Waals surface area contributed by atoms with Crippen molar-refractivity contribution in [2.45, 2.75) is 23.5 Å². The number of carbonyl (C=O) groups is 1. The highest BCUT2D eigenvalue weighted by Crippen LogP contribution is 2.27. The molecule has 2 heterocycles. The molecule has 4 rings (SSSR count). The molecule has 0 radical (unpaired) electrons. The summed E-state index contributed by atoms with van der Waals surface area (Å²) in [6, 6.07) is 14.0. The second kappa shape index (κ2) is 9.21. The highest BCUT2D eigenvalue weighted by atomic mass is 35.5. The van der Waals surface area contributed by atoms with E-state index in [0.29, 0.717) is 10.6 Å². The summed E-state index contributed by atoms with van der Waals surface area (Å²) in [5.74, 6) is -0.634. The molecule has 2 atom stereocenters. The number of aliphatic hydroxyl groups is 1. The molecular formula is C21H20ClN5O4S. The SMILES string of the molecule is O=C(NN=Cc1cnn(-c2ccccc2)c1)C1CC(O)CN1S(=O)(=O)c1ccc(Cl)cc1. The number of hydrazone groups is 1. The van der Waals surface area contributed by atoms with Crippen LogP contribution in [0.25, 0.3) is 5.69 Å². The van der Waals surface area contributed by atoms with E-state index in [1.807, 2.05) is 30.3 Å². The first-order valence-electron chi connectivity index (χ1n) is 9.73. The first-order valence-corrected chi connectivity index (χ1v) is 11.5. The Kier molecular flexibility index (Phi) is 6.38. The molecule has 9 nitrogen and oxygen atoms in total. The first-order chi connectivity index (χ1) is 15.3. The summed E-state index contributed by atoms with van der Waals surface area (Å²) in [7, 11) is -4.00. The molecule has 0 saturated carbocycles. The van der Waals surface area contributed by atoms with Crippen LogP contribution in [-0.2, 0) is 14.8 Å². The van der Waals surface area contributed by atoms with Crippen molar-refractivity contribution in [3.05, 3.63) is 77.6 Å². The molecule has 166 valence electrons.